The summed E-state index contributed by atoms with van der Waals surface area (Å²) < 4.78 is 24.1. The van der Waals surface area contributed by atoms with Crippen LogP contribution in [0.5, 0.6) is 23.0 Å². The Morgan fingerprint density at radius 2 is 1.93 bits per heavy atom. The summed E-state index contributed by atoms with van der Waals surface area (Å²) in [5.41, 5.74) is 1.54. The van der Waals surface area contributed by atoms with Gasteiger partial charge in [0, 0.05) is 0 Å². The highest BCUT2D eigenvalue weighted by atomic mass is 35.5. The van der Waals surface area contributed by atoms with E-state index in [9.17, 15) is 14.7 Å². The van der Waals surface area contributed by atoms with E-state index < -0.39 is 12.0 Å². The number of rotatable bonds is 9. The van der Waals surface area contributed by atoms with Gasteiger partial charge in [0.1, 0.15) is 0 Å². The Bertz CT molecular complexity index is 1660. The highest BCUT2D eigenvalue weighted by Gasteiger charge is 2.34. The van der Waals surface area contributed by atoms with Crippen molar-refractivity contribution in [2.45, 2.75) is 46.8 Å². The van der Waals surface area contributed by atoms with Crippen LogP contribution in [0, 0.1) is 0 Å². The van der Waals surface area contributed by atoms with Crippen LogP contribution in [0.15, 0.2) is 51.4 Å². The monoisotopic (exact) mass is 586 g/mol. The van der Waals surface area contributed by atoms with Gasteiger partial charge in [0.2, 0.25) is 0 Å². The molecule has 1 atom stereocenters. The lowest BCUT2D eigenvalue weighted by Crippen LogP contribution is -2.40. The summed E-state index contributed by atoms with van der Waals surface area (Å²) >= 11 is 7.39. The topological polar surface area (TPSA) is 109 Å². The second kappa shape index (κ2) is 12.2. The number of carbonyl (C=O) groups excluding carboxylic acids is 1. The Morgan fingerprint density at radius 3 is 2.58 bits per heavy atom. The SMILES string of the molecule is CCOC(=O)C1=C(C)N=c2sc(=Cc3cc(Cl)c(O)c(OCC)c3)c(=O)n2C1c1ccc(OC(C)C)c(OC)c1. The summed E-state index contributed by atoms with van der Waals surface area (Å²) in [7, 11) is 1.53. The van der Waals surface area contributed by atoms with Gasteiger partial charge >= 0.3 is 5.97 Å². The summed E-state index contributed by atoms with van der Waals surface area (Å²) in [5.74, 6) is 0.490. The first-order valence-electron chi connectivity index (χ1n) is 12.8. The van der Waals surface area contributed by atoms with Gasteiger partial charge in [-0.15, -0.1) is 0 Å². The number of aromatic nitrogens is 1. The minimum absolute atomic E-state index is 0.0775. The zero-order chi connectivity index (χ0) is 29.1. The zero-order valence-corrected chi connectivity index (χ0v) is 24.7. The molecule has 0 saturated heterocycles. The number of phenolic OH excluding ortho intramolecular Hbond substituents is 1. The van der Waals surface area contributed by atoms with Crippen LogP contribution in [-0.2, 0) is 9.53 Å². The summed E-state index contributed by atoms with van der Waals surface area (Å²) in [6.45, 7) is 9.55. The molecule has 2 aromatic carbocycles. The van der Waals surface area contributed by atoms with Crippen LogP contribution in [0.4, 0.5) is 0 Å². The summed E-state index contributed by atoms with van der Waals surface area (Å²) in [6.07, 6.45) is 1.57. The van der Waals surface area contributed by atoms with Crippen molar-refractivity contribution in [3.8, 4) is 23.0 Å². The van der Waals surface area contributed by atoms with Crippen molar-refractivity contribution < 1.29 is 28.8 Å². The predicted octanol–water partition coefficient (Wildman–Crippen LogP) is 4.35. The number of hydrogen-bond donors (Lipinski definition) is 1. The van der Waals surface area contributed by atoms with Crippen molar-refractivity contribution in [1.29, 1.82) is 0 Å². The molecule has 1 aliphatic rings. The van der Waals surface area contributed by atoms with Gasteiger partial charge in [0.25, 0.3) is 5.56 Å². The maximum absolute atomic E-state index is 13.9. The molecule has 4 rings (SSSR count). The standard InChI is InChI=1S/C29H31ClN2O7S/c1-7-37-22-12-17(11-19(30)26(22)33)13-23-27(34)32-25(18-9-10-20(39-15(3)4)21(14-18)36-6)24(28(35)38-8-2)16(5)31-29(32)40-23/h9-15,25,33H,7-8H2,1-6H3. The first kappa shape index (κ1) is 29.2. The fraction of sp³-hybridized carbons (Fsp3) is 0.345. The number of aromatic hydroxyl groups is 1. The van der Waals surface area contributed by atoms with E-state index in [-0.39, 0.29) is 40.4 Å². The van der Waals surface area contributed by atoms with Crippen LogP contribution in [0.3, 0.4) is 0 Å². The van der Waals surface area contributed by atoms with Gasteiger partial charge in [-0.3, -0.25) is 9.36 Å². The van der Waals surface area contributed by atoms with E-state index in [0.29, 0.717) is 44.3 Å². The molecule has 11 heteroatoms. The molecule has 212 valence electrons. The van der Waals surface area contributed by atoms with Crippen LogP contribution in [0.1, 0.15) is 51.8 Å². The Kier molecular flexibility index (Phi) is 8.90. The fourth-order valence-corrected chi connectivity index (χ4v) is 5.67. The minimum Gasteiger partial charge on any atom is -0.503 e. The van der Waals surface area contributed by atoms with Gasteiger partial charge in [0.15, 0.2) is 27.8 Å². The van der Waals surface area contributed by atoms with E-state index >= 15 is 0 Å². The van der Waals surface area contributed by atoms with Gasteiger partial charge in [-0.1, -0.05) is 29.0 Å². The molecule has 0 radical (unpaired) electrons. The number of esters is 1. The maximum Gasteiger partial charge on any atom is 0.338 e. The van der Waals surface area contributed by atoms with E-state index in [1.807, 2.05) is 13.8 Å². The molecule has 1 unspecified atom stereocenters. The number of allylic oxidation sites excluding steroid dienone is 1. The first-order valence-corrected chi connectivity index (χ1v) is 14.0. The number of nitrogens with zero attached hydrogens (tertiary/aromatic N) is 2. The van der Waals surface area contributed by atoms with E-state index in [4.69, 9.17) is 30.5 Å². The number of halogens is 1. The Balaban J connectivity index is 1.94. The lowest BCUT2D eigenvalue weighted by atomic mass is 9.95. The number of thiazole rings is 1. The number of ether oxygens (including phenoxy) is 4. The van der Waals surface area contributed by atoms with Gasteiger partial charge in [0.05, 0.1) is 53.3 Å². The molecule has 9 nitrogen and oxygen atoms in total. The van der Waals surface area contributed by atoms with Crippen LogP contribution < -0.4 is 29.1 Å². The Morgan fingerprint density at radius 1 is 1.18 bits per heavy atom. The first-order chi connectivity index (χ1) is 19.1. The van der Waals surface area contributed by atoms with E-state index in [1.165, 1.54) is 23.0 Å². The Hall–Kier alpha value is -3.76. The van der Waals surface area contributed by atoms with E-state index in [2.05, 4.69) is 4.99 Å². The van der Waals surface area contributed by atoms with E-state index in [1.54, 1.807) is 57.2 Å². The minimum atomic E-state index is -0.818. The largest absolute Gasteiger partial charge is 0.503 e. The van der Waals surface area contributed by atoms with Crippen LogP contribution in [0.25, 0.3) is 6.08 Å². The molecule has 0 bridgehead atoms. The summed E-state index contributed by atoms with van der Waals surface area (Å²) in [4.78, 5) is 32.1. The average molecular weight is 587 g/mol. The number of carbonyl (C=O) groups is 1. The lowest BCUT2D eigenvalue weighted by Gasteiger charge is -2.25. The van der Waals surface area contributed by atoms with Crippen molar-refractivity contribution >= 4 is 35.0 Å². The smallest absolute Gasteiger partial charge is 0.338 e. The molecular weight excluding hydrogens is 556 g/mol. The molecule has 1 aromatic heterocycles. The quantitative estimate of drug-likeness (QED) is 0.371. The normalized spacial score (nSPS) is 15.1. The van der Waals surface area contributed by atoms with Gasteiger partial charge in [-0.05, 0) is 76.1 Å². The van der Waals surface area contributed by atoms with Crippen molar-refractivity contribution in [2.24, 2.45) is 4.99 Å². The van der Waals surface area contributed by atoms with Crippen molar-refractivity contribution in [2.75, 3.05) is 20.3 Å². The number of phenols is 1. The number of methoxy groups -OCH3 is 1. The third kappa shape index (κ3) is 5.73. The highest BCUT2D eigenvalue weighted by Crippen LogP contribution is 2.37. The number of hydrogen-bond acceptors (Lipinski definition) is 9. The summed E-state index contributed by atoms with van der Waals surface area (Å²) in [5, 5.41) is 10.3. The van der Waals surface area contributed by atoms with Gasteiger partial charge in [-0.25, -0.2) is 9.79 Å². The van der Waals surface area contributed by atoms with Crippen LogP contribution in [0.2, 0.25) is 5.02 Å². The maximum atomic E-state index is 13.9. The molecular formula is C29H31ClN2O7S. The molecule has 0 fully saturated rings. The van der Waals surface area contributed by atoms with Crippen LogP contribution in [-0.4, -0.2) is 42.1 Å². The summed E-state index contributed by atoms with van der Waals surface area (Å²) in [6, 6.07) is 7.65. The number of benzene rings is 2. The molecule has 2 heterocycles. The molecule has 0 saturated carbocycles. The molecule has 0 amide bonds. The number of fused-ring (bicyclic) bond motifs is 1. The second-order valence-corrected chi connectivity index (χ2v) is 10.6. The molecule has 1 N–H and O–H groups in total. The highest BCUT2D eigenvalue weighted by molar-refractivity contribution is 7.07. The molecule has 0 aliphatic carbocycles. The fourth-order valence-electron chi connectivity index (χ4n) is 4.41. The van der Waals surface area contributed by atoms with Gasteiger partial charge < -0.3 is 24.1 Å². The molecule has 3 aromatic rings. The van der Waals surface area contributed by atoms with Crippen molar-refractivity contribution in [3.05, 3.63) is 77.4 Å². The zero-order valence-electron chi connectivity index (χ0n) is 23.1. The molecule has 0 spiro atoms. The van der Waals surface area contributed by atoms with Gasteiger partial charge in [-0.2, -0.15) is 0 Å². The van der Waals surface area contributed by atoms with E-state index in [0.717, 1.165) is 0 Å². The van der Waals surface area contributed by atoms with Crippen LogP contribution >= 0.6 is 22.9 Å². The molecule has 1 aliphatic heterocycles. The predicted molar refractivity (Wildman–Crippen MR) is 153 cm³/mol. The third-order valence-corrected chi connectivity index (χ3v) is 7.30. The molecule has 40 heavy (non-hydrogen) atoms. The third-order valence-electron chi connectivity index (χ3n) is 6.03. The van der Waals surface area contributed by atoms with Crippen molar-refractivity contribution in [1.82, 2.24) is 4.57 Å². The average Bonchev–Trinajstić information content (AvgIpc) is 3.20. The van der Waals surface area contributed by atoms with Crippen molar-refractivity contribution in [3.63, 3.8) is 0 Å². The Labute approximate surface area is 240 Å². The lowest BCUT2D eigenvalue weighted by molar-refractivity contribution is -0.139. The second-order valence-electron chi connectivity index (χ2n) is 9.16.